The first-order valence-electron chi connectivity index (χ1n) is 8.80. The number of amides is 2. The van der Waals surface area contributed by atoms with Gasteiger partial charge in [0.25, 0.3) is 0 Å². The maximum atomic E-state index is 11.9. The SMILES string of the molecule is Cc1cccc(OCCNC(=O)NCc2ccc(Cn3cncn3)cc2)c1. The average molecular weight is 365 g/mol. The van der Waals surface area contributed by atoms with E-state index in [4.69, 9.17) is 4.74 Å². The van der Waals surface area contributed by atoms with E-state index in [0.29, 0.717) is 26.2 Å². The van der Waals surface area contributed by atoms with Crippen LogP contribution in [0.15, 0.2) is 61.2 Å². The zero-order valence-electron chi connectivity index (χ0n) is 15.3. The standard InChI is InChI=1S/C20H23N5O2/c1-16-3-2-4-19(11-16)27-10-9-22-20(26)23-12-17-5-7-18(8-6-17)13-25-15-21-14-24-25/h2-8,11,14-15H,9-10,12-13H2,1H3,(H2,22,23,26). The molecular formula is C20H23N5O2. The molecule has 0 saturated carbocycles. The van der Waals surface area contributed by atoms with Gasteiger partial charge in [-0.25, -0.2) is 14.5 Å². The molecule has 2 N–H and O–H groups in total. The summed E-state index contributed by atoms with van der Waals surface area (Å²) in [5, 5.41) is 9.71. The smallest absolute Gasteiger partial charge is 0.315 e. The zero-order chi connectivity index (χ0) is 18.9. The summed E-state index contributed by atoms with van der Waals surface area (Å²) in [4.78, 5) is 15.8. The van der Waals surface area contributed by atoms with Crippen LogP contribution in [0.3, 0.4) is 0 Å². The van der Waals surface area contributed by atoms with E-state index < -0.39 is 0 Å². The van der Waals surface area contributed by atoms with Crippen molar-refractivity contribution in [2.75, 3.05) is 13.2 Å². The van der Waals surface area contributed by atoms with Crippen molar-refractivity contribution in [2.45, 2.75) is 20.0 Å². The lowest BCUT2D eigenvalue weighted by molar-refractivity contribution is 0.236. The molecule has 1 aromatic heterocycles. The van der Waals surface area contributed by atoms with Gasteiger partial charge < -0.3 is 15.4 Å². The van der Waals surface area contributed by atoms with E-state index >= 15 is 0 Å². The molecule has 0 fully saturated rings. The first-order chi connectivity index (χ1) is 13.2. The van der Waals surface area contributed by atoms with Gasteiger partial charge >= 0.3 is 6.03 Å². The Bertz CT molecular complexity index is 847. The van der Waals surface area contributed by atoms with Crippen LogP contribution in [0.4, 0.5) is 4.79 Å². The van der Waals surface area contributed by atoms with Crippen molar-refractivity contribution in [1.82, 2.24) is 25.4 Å². The maximum Gasteiger partial charge on any atom is 0.315 e. The van der Waals surface area contributed by atoms with Crippen LogP contribution in [0, 0.1) is 6.92 Å². The predicted molar refractivity (Wildman–Crippen MR) is 102 cm³/mol. The molecule has 140 valence electrons. The Balaban J connectivity index is 1.34. The van der Waals surface area contributed by atoms with E-state index in [-0.39, 0.29) is 6.03 Å². The number of nitrogens with zero attached hydrogens (tertiary/aromatic N) is 3. The zero-order valence-corrected chi connectivity index (χ0v) is 15.3. The first-order valence-corrected chi connectivity index (χ1v) is 8.80. The fraction of sp³-hybridized carbons (Fsp3) is 0.250. The molecule has 0 aliphatic carbocycles. The Morgan fingerprint density at radius 2 is 1.93 bits per heavy atom. The van der Waals surface area contributed by atoms with E-state index in [1.807, 2.05) is 55.5 Å². The van der Waals surface area contributed by atoms with E-state index in [1.165, 1.54) is 6.33 Å². The second-order valence-electron chi connectivity index (χ2n) is 6.18. The number of carbonyl (C=O) groups excluding carboxylic acids is 1. The van der Waals surface area contributed by atoms with Gasteiger partial charge in [0.05, 0.1) is 13.1 Å². The van der Waals surface area contributed by atoms with Crippen LogP contribution in [0.1, 0.15) is 16.7 Å². The van der Waals surface area contributed by atoms with Gasteiger partial charge in [-0.3, -0.25) is 0 Å². The summed E-state index contributed by atoms with van der Waals surface area (Å²) in [6.07, 6.45) is 3.20. The van der Waals surface area contributed by atoms with Crippen LogP contribution in [0.2, 0.25) is 0 Å². The van der Waals surface area contributed by atoms with Crippen LogP contribution in [0.5, 0.6) is 5.75 Å². The molecule has 0 aliphatic rings. The monoisotopic (exact) mass is 365 g/mol. The second kappa shape index (κ2) is 9.38. The van der Waals surface area contributed by atoms with E-state index in [2.05, 4.69) is 20.7 Å². The molecule has 2 amide bonds. The van der Waals surface area contributed by atoms with Crippen LogP contribution < -0.4 is 15.4 Å². The molecule has 0 bridgehead atoms. The number of urea groups is 1. The molecule has 7 nitrogen and oxygen atoms in total. The highest BCUT2D eigenvalue weighted by molar-refractivity contribution is 5.73. The third kappa shape index (κ3) is 6.14. The molecule has 2 aromatic carbocycles. The number of hydrogen-bond donors (Lipinski definition) is 2. The number of ether oxygens (including phenoxy) is 1. The van der Waals surface area contributed by atoms with E-state index in [0.717, 1.165) is 22.4 Å². The Kier molecular flexibility index (Phi) is 6.40. The second-order valence-corrected chi connectivity index (χ2v) is 6.18. The largest absolute Gasteiger partial charge is 0.492 e. The van der Waals surface area contributed by atoms with Gasteiger partial charge in [0.2, 0.25) is 0 Å². The van der Waals surface area contributed by atoms with Crippen LogP contribution in [-0.2, 0) is 13.1 Å². The summed E-state index contributed by atoms with van der Waals surface area (Å²) in [5.74, 6) is 0.809. The minimum atomic E-state index is -0.213. The summed E-state index contributed by atoms with van der Waals surface area (Å²) in [6.45, 7) is 4.02. The highest BCUT2D eigenvalue weighted by Crippen LogP contribution is 2.11. The summed E-state index contributed by atoms with van der Waals surface area (Å²) in [6, 6.07) is 15.6. The normalized spacial score (nSPS) is 10.4. The summed E-state index contributed by atoms with van der Waals surface area (Å²) < 4.78 is 7.37. The molecule has 7 heteroatoms. The first kappa shape index (κ1) is 18.4. The van der Waals surface area contributed by atoms with E-state index in [1.54, 1.807) is 11.0 Å². The van der Waals surface area contributed by atoms with Gasteiger partial charge in [-0.2, -0.15) is 5.10 Å². The Morgan fingerprint density at radius 3 is 2.67 bits per heavy atom. The third-order valence-corrected chi connectivity index (χ3v) is 3.93. The lowest BCUT2D eigenvalue weighted by Crippen LogP contribution is -2.37. The summed E-state index contributed by atoms with van der Waals surface area (Å²) in [7, 11) is 0. The molecule has 0 aliphatic heterocycles. The van der Waals surface area contributed by atoms with Crippen molar-refractivity contribution >= 4 is 6.03 Å². The van der Waals surface area contributed by atoms with Gasteiger partial charge in [0.15, 0.2) is 0 Å². The van der Waals surface area contributed by atoms with Crippen molar-refractivity contribution in [3.63, 3.8) is 0 Å². The summed E-state index contributed by atoms with van der Waals surface area (Å²) >= 11 is 0. The molecule has 3 aromatic rings. The number of rotatable bonds is 8. The summed E-state index contributed by atoms with van der Waals surface area (Å²) in [5.41, 5.74) is 3.30. The molecule has 0 spiro atoms. The van der Waals surface area contributed by atoms with E-state index in [9.17, 15) is 4.79 Å². The highest BCUT2D eigenvalue weighted by atomic mass is 16.5. The van der Waals surface area contributed by atoms with Gasteiger partial charge in [0, 0.05) is 6.54 Å². The third-order valence-electron chi connectivity index (χ3n) is 3.93. The predicted octanol–water partition coefficient (Wildman–Crippen LogP) is 2.51. The van der Waals surface area contributed by atoms with Crippen molar-refractivity contribution in [1.29, 1.82) is 0 Å². The van der Waals surface area contributed by atoms with Crippen molar-refractivity contribution in [3.05, 3.63) is 77.9 Å². The van der Waals surface area contributed by atoms with Crippen LogP contribution in [-0.4, -0.2) is 33.9 Å². The van der Waals surface area contributed by atoms with Crippen molar-refractivity contribution in [2.24, 2.45) is 0 Å². The number of hydrogen-bond acceptors (Lipinski definition) is 4. The molecule has 0 radical (unpaired) electrons. The Morgan fingerprint density at radius 1 is 1.11 bits per heavy atom. The number of aryl methyl sites for hydroxylation is 1. The lowest BCUT2D eigenvalue weighted by atomic mass is 10.1. The maximum absolute atomic E-state index is 11.9. The molecule has 3 rings (SSSR count). The average Bonchev–Trinajstić information content (AvgIpc) is 3.18. The fourth-order valence-corrected chi connectivity index (χ4v) is 2.55. The molecule has 0 saturated heterocycles. The fourth-order valence-electron chi connectivity index (χ4n) is 2.55. The minimum Gasteiger partial charge on any atom is -0.492 e. The lowest BCUT2D eigenvalue weighted by Gasteiger charge is -2.10. The van der Waals surface area contributed by atoms with Crippen molar-refractivity contribution < 1.29 is 9.53 Å². The van der Waals surface area contributed by atoms with Gasteiger partial charge in [-0.1, -0.05) is 36.4 Å². The quantitative estimate of drug-likeness (QED) is 0.601. The highest BCUT2D eigenvalue weighted by Gasteiger charge is 2.02. The van der Waals surface area contributed by atoms with Crippen LogP contribution in [0.25, 0.3) is 0 Å². The molecular weight excluding hydrogens is 342 g/mol. The Hall–Kier alpha value is -3.35. The van der Waals surface area contributed by atoms with Gasteiger partial charge in [0.1, 0.15) is 25.0 Å². The number of benzene rings is 2. The molecule has 0 atom stereocenters. The molecule has 27 heavy (non-hydrogen) atoms. The number of carbonyl (C=O) groups is 1. The topological polar surface area (TPSA) is 81.1 Å². The van der Waals surface area contributed by atoms with Gasteiger partial charge in [-0.05, 0) is 35.7 Å². The minimum absolute atomic E-state index is 0.213. The van der Waals surface area contributed by atoms with Crippen molar-refractivity contribution in [3.8, 4) is 5.75 Å². The number of aromatic nitrogens is 3. The molecule has 1 heterocycles. The molecule has 0 unspecified atom stereocenters. The number of nitrogens with one attached hydrogen (secondary N) is 2. The Labute approximate surface area is 158 Å². The van der Waals surface area contributed by atoms with Crippen LogP contribution >= 0.6 is 0 Å². The van der Waals surface area contributed by atoms with Gasteiger partial charge in [-0.15, -0.1) is 0 Å².